The molecule has 162 valence electrons. The molecule has 1 saturated carbocycles. The summed E-state index contributed by atoms with van der Waals surface area (Å²) in [6.07, 6.45) is 5.55. The molecule has 1 aliphatic carbocycles. The highest BCUT2D eigenvalue weighted by molar-refractivity contribution is 14.0. The van der Waals surface area contributed by atoms with E-state index in [1.54, 1.807) is 7.05 Å². The monoisotopic (exact) mass is 512 g/mol. The van der Waals surface area contributed by atoms with Crippen LogP contribution in [0.2, 0.25) is 0 Å². The van der Waals surface area contributed by atoms with Crippen LogP contribution in [0.4, 0.5) is 0 Å². The minimum Gasteiger partial charge on any atom is -0.352 e. The molecule has 1 saturated heterocycles. The average Bonchev–Trinajstić information content (AvgIpc) is 3.36. The lowest BCUT2D eigenvalue weighted by atomic mass is 9.87. The molecule has 3 rings (SSSR count). The number of halogens is 1. The first-order valence-electron chi connectivity index (χ1n) is 10.7. The van der Waals surface area contributed by atoms with Crippen molar-refractivity contribution in [3.63, 3.8) is 0 Å². The normalized spacial score (nSPS) is 20.5. The van der Waals surface area contributed by atoms with E-state index in [1.807, 2.05) is 4.90 Å². The van der Waals surface area contributed by atoms with Crippen molar-refractivity contribution >= 4 is 35.8 Å². The fraction of sp³-hybridized carbons (Fsp3) is 0.652. The third-order valence-electron chi connectivity index (χ3n) is 6.05. The quantitative estimate of drug-likeness (QED) is 0.364. The van der Waals surface area contributed by atoms with Gasteiger partial charge in [-0.2, -0.15) is 0 Å². The number of guanidine groups is 1. The summed E-state index contributed by atoms with van der Waals surface area (Å²) in [6, 6.07) is 9.05. The first kappa shape index (κ1) is 24.0. The van der Waals surface area contributed by atoms with Crippen molar-refractivity contribution < 1.29 is 4.79 Å². The van der Waals surface area contributed by atoms with E-state index in [9.17, 15) is 4.79 Å². The Bertz CT molecular complexity index is 690. The molecule has 1 heterocycles. The van der Waals surface area contributed by atoms with E-state index in [0.717, 1.165) is 44.9 Å². The van der Waals surface area contributed by atoms with Gasteiger partial charge in [0.15, 0.2) is 5.96 Å². The highest BCUT2D eigenvalue weighted by atomic mass is 127. The van der Waals surface area contributed by atoms with E-state index < -0.39 is 0 Å². The van der Waals surface area contributed by atoms with Gasteiger partial charge in [0, 0.05) is 38.6 Å². The van der Waals surface area contributed by atoms with E-state index in [4.69, 9.17) is 0 Å². The number of benzene rings is 1. The van der Waals surface area contributed by atoms with Crippen LogP contribution in [-0.4, -0.2) is 42.9 Å². The Kier molecular flexibility index (Phi) is 8.79. The van der Waals surface area contributed by atoms with Crippen molar-refractivity contribution in [1.29, 1.82) is 0 Å². The lowest BCUT2D eigenvalue weighted by Crippen LogP contribution is -2.45. The minimum atomic E-state index is 0. The molecule has 0 radical (unpaired) electrons. The largest absolute Gasteiger partial charge is 0.352 e. The van der Waals surface area contributed by atoms with E-state index in [0.29, 0.717) is 5.91 Å². The van der Waals surface area contributed by atoms with E-state index in [-0.39, 0.29) is 41.4 Å². The van der Waals surface area contributed by atoms with Gasteiger partial charge >= 0.3 is 0 Å². The second-order valence-electron chi connectivity index (χ2n) is 9.27. The number of hydrogen-bond donors (Lipinski definition) is 2. The Morgan fingerprint density at radius 3 is 2.38 bits per heavy atom. The van der Waals surface area contributed by atoms with Crippen molar-refractivity contribution in [3.05, 3.63) is 35.4 Å². The number of rotatable bonds is 4. The van der Waals surface area contributed by atoms with E-state index in [1.165, 1.54) is 24.0 Å². The molecule has 1 aromatic carbocycles. The lowest BCUT2D eigenvalue weighted by Gasteiger charge is -2.22. The van der Waals surface area contributed by atoms with Gasteiger partial charge in [-0.05, 0) is 35.8 Å². The summed E-state index contributed by atoms with van der Waals surface area (Å²) < 4.78 is 0. The van der Waals surface area contributed by atoms with Crippen LogP contribution in [0.5, 0.6) is 0 Å². The third-order valence-corrected chi connectivity index (χ3v) is 6.05. The van der Waals surface area contributed by atoms with Crippen molar-refractivity contribution in [2.45, 2.75) is 70.9 Å². The van der Waals surface area contributed by atoms with Crippen LogP contribution in [-0.2, 0) is 16.8 Å². The SMILES string of the molecule is CN=C(NCc1ccc(C(C)(C)C)cc1)NC1CCN(C(=O)C2CCCC2)C1.I. The molecule has 2 fully saturated rings. The van der Waals surface area contributed by atoms with Crippen LogP contribution in [0.25, 0.3) is 0 Å². The molecule has 0 aromatic heterocycles. The fourth-order valence-electron chi connectivity index (χ4n) is 4.21. The van der Waals surface area contributed by atoms with Gasteiger partial charge in [0.1, 0.15) is 0 Å². The van der Waals surface area contributed by atoms with Gasteiger partial charge in [-0.15, -0.1) is 24.0 Å². The van der Waals surface area contributed by atoms with Crippen LogP contribution < -0.4 is 10.6 Å². The number of aliphatic imine (C=N–C) groups is 1. The zero-order valence-corrected chi connectivity index (χ0v) is 20.7. The Morgan fingerprint density at radius 1 is 1.14 bits per heavy atom. The van der Waals surface area contributed by atoms with E-state index >= 15 is 0 Å². The lowest BCUT2D eigenvalue weighted by molar-refractivity contribution is -0.134. The molecule has 1 aromatic rings. The zero-order chi connectivity index (χ0) is 20.1. The number of carbonyl (C=O) groups excluding carboxylic acids is 1. The summed E-state index contributed by atoms with van der Waals surface area (Å²) in [7, 11) is 1.80. The summed E-state index contributed by atoms with van der Waals surface area (Å²) in [5.74, 6) is 1.44. The Morgan fingerprint density at radius 2 is 1.79 bits per heavy atom. The summed E-state index contributed by atoms with van der Waals surface area (Å²) in [4.78, 5) is 19.0. The third kappa shape index (κ3) is 6.59. The molecule has 1 unspecified atom stereocenters. The molecule has 2 N–H and O–H groups in total. The minimum absolute atomic E-state index is 0. The van der Waals surface area contributed by atoms with Crippen LogP contribution in [0.1, 0.15) is 64.0 Å². The Labute approximate surface area is 193 Å². The molecular formula is C23H37IN4O. The Hall–Kier alpha value is -1.31. The predicted molar refractivity (Wildman–Crippen MR) is 131 cm³/mol. The van der Waals surface area contributed by atoms with Crippen molar-refractivity contribution in [1.82, 2.24) is 15.5 Å². The van der Waals surface area contributed by atoms with Gasteiger partial charge < -0.3 is 15.5 Å². The Balaban J connectivity index is 0.00000300. The number of carbonyl (C=O) groups is 1. The van der Waals surface area contributed by atoms with Crippen molar-refractivity contribution in [2.24, 2.45) is 10.9 Å². The van der Waals surface area contributed by atoms with Crippen molar-refractivity contribution in [3.8, 4) is 0 Å². The molecule has 1 aliphatic heterocycles. The highest BCUT2D eigenvalue weighted by Gasteiger charge is 2.32. The maximum atomic E-state index is 12.6. The summed E-state index contributed by atoms with van der Waals surface area (Å²) in [6.45, 7) is 9.08. The smallest absolute Gasteiger partial charge is 0.225 e. The number of nitrogens with zero attached hydrogens (tertiary/aromatic N) is 2. The second kappa shape index (κ2) is 10.6. The summed E-state index contributed by atoms with van der Waals surface area (Å²) in [5, 5.41) is 6.90. The molecule has 5 nitrogen and oxygen atoms in total. The number of hydrogen-bond acceptors (Lipinski definition) is 2. The van der Waals surface area contributed by atoms with Gasteiger partial charge in [0.05, 0.1) is 0 Å². The standard InChI is InChI=1S/C23H36N4O.HI/c1-23(2,3)19-11-9-17(10-12-19)15-25-22(24-4)26-20-13-14-27(16-20)21(28)18-7-5-6-8-18;/h9-12,18,20H,5-8,13-16H2,1-4H3,(H2,24,25,26);1H. The van der Waals surface area contributed by atoms with Crippen LogP contribution >= 0.6 is 24.0 Å². The highest BCUT2D eigenvalue weighted by Crippen LogP contribution is 2.28. The van der Waals surface area contributed by atoms with Crippen molar-refractivity contribution in [2.75, 3.05) is 20.1 Å². The molecule has 1 atom stereocenters. The predicted octanol–water partition coefficient (Wildman–Crippen LogP) is 4.06. The number of nitrogens with one attached hydrogen (secondary N) is 2. The molecule has 6 heteroatoms. The summed E-state index contributed by atoms with van der Waals surface area (Å²) >= 11 is 0. The number of amides is 1. The average molecular weight is 512 g/mol. The summed E-state index contributed by atoms with van der Waals surface area (Å²) in [5.41, 5.74) is 2.76. The topological polar surface area (TPSA) is 56.7 Å². The van der Waals surface area contributed by atoms with Gasteiger partial charge in [-0.25, -0.2) is 0 Å². The van der Waals surface area contributed by atoms with Gasteiger partial charge in [-0.3, -0.25) is 9.79 Å². The molecular weight excluding hydrogens is 475 g/mol. The van der Waals surface area contributed by atoms with Gasteiger partial charge in [-0.1, -0.05) is 57.9 Å². The fourth-order valence-corrected chi connectivity index (χ4v) is 4.21. The van der Waals surface area contributed by atoms with Gasteiger partial charge in [0.25, 0.3) is 0 Å². The first-order chi connectivity index (χ1) is 13.4. The molecule has 2 aliphatic rings. The second-order valence-corrected chi connectivity index (χ2v) is 9.27. The van der Waals surface area contributed by atoms with E-state index in [2.05, 4.69) is 60.7 Å². The molecule has 0 spiro atoms. The first-order valence-corrected chi connectivity index (χ1v) is 10.7. The maximum Gasteiger partial charge on any atom is 0.225 e. The van der Waals surface area contributed by atoms with Crippen LogP contribution in [0, 0.1) is 5.92 Å². The molecule has 1 amide bonds. The van der Waals surface area contributed by atoms with Crippen LogP contribution in [0.15, 0.2) is 29.3 Å². The maximum absolute atomic E-state index is 12.6. The van der Waals surface area contributed by atoms with Gasteiger partial charge in [0.2, 0.25) is 5.91 Å². The number of likely N-dealkylation sites (tertiary alicyclic amines) is 1. The molecule has 29 heavy (non-hydrogen) atoms. The zero-order valence-electron chi connectivity index (χ0n) is 18.3. The molecule has 0 bridgehead atoms. The van der Waals surface area contributed by atoms with Crippen LogP contribution in [0.3, 0.4) is 0 Å².